The van der Waals surface area contributed by atoms with Crippen LogP contribution >= 0.6 is 69.6 Å². The number of alkyl halides is 2. The van der Waals surface area contributed by atoms with Crippen molar-refractivity contribution in [3.8, 4) is 0 Å². The summed E-state index contributed by atoms with van der Waals surface area (Å²) in [6.45, 7) is 0. The fourth-order valence-electron chi connectivity index (χ4n) is 2.50. The highest BCUT2D eigenvalue weighted by Crippen LogP contribution is 2.35. The topological polar surface area (TPSA) is 93.0 Å². The van der Waals surface area contributed by atoms with Gasteiger partial charge in [0.15, 0.2) is 0 Å². The van der Waals surface area contributed by atoms with Crippen LogP contribution in [0.3, 0.4) is 0 Å². The standard InChI is InChI=1S/C18H10Cl6N2O4S2/c19-9-1-5-11(6-2-9)31(27,28)25-17-13(21)15(23)18(16(24)14(17)22)26-32(29,30)12-7-3-10(20)4-8-12/h1-8,13,15H/t13-,15-/m1/s1. The Morgan fingerprint density at radius 2 is 0.844 bits per heavy atom. The third-order valence-corrected chi connectivity index (χ3v) is 9.10. The molecule has 3 rings (SSSR count). The summed E-state index contributed by atoms with van der Waals surface area (Å²) in [5.74, 6) is 0. The third kappa shape index (κ3) is 5.45. The Labute approximate surface area is 214 Å². The van der Waals surface area contributed by atoms with E-state index < -0.39 is 40.9 Å². The smallest absolute Gasteiger partial charge is 0.199 e. The van der Waals surface area contributed by atoms with E-state index in [1.54, 1.807) is 0 Å². The molecule has 0 spiro atoms. The highest BCUT2D eigenvalue weighted by Gasteiger charge is 2.39. The number of benzene rings is 2. The Morgan fingerprint density at radius 3 is 1.12 bits per heavy atom. The maximum absolute atomic E-state index is 12.6. The number of halogens is 6. The van der Waals surface area contributed by atoms with Crippen LogP contribution in [0.4, 0.5) is 0 Å². The lowest BCUT2D eigenvalue weighted by atomic mass is 10.0. The Morgan fingerprint density at radius 1 is 0.562 bits per heavy atom. The van der Waals surface area contributed by atoms with E-state index >= 15 is 0 Å². The van der Waals surface area contributed by atoms with Gasteiger partial charge in [0, 0.05) is 10.0 Å². The van der Waals surface area contributed by atoms with Gasteiger partial charge < -0.3 is 0 Å². The minimum absolute atomic E-state index is 0.172. The molecule has 0 heterocycles. The lowest BCUT2D eigenvalue weighted by Gasteiger charge is -2.25. The Bertz CT molecular complexity index is 1250. The molecule has 0 radical (unpaired) electrons. The van der Waals surface area contributed by atoms with Crippen LogP contribution in [0, 0.1) is 0 Å². The molecule has 0 aliphatic heterocycles. The van der Waals surface area contributed by atoms with Gasteiger partial charge in [-0.1, -0.05) is 46.4 Å². The molecule has 0 N–H and O–H groups in total. The van der Waals surface area contributed by atoms with Gasteiger partial charge in [0.05, 0.1) is 31.3 Å². The molecule has 0 unspecified atom stereocenters. The molecule has 0 saturated heterocycles. The normalized spacial score (nSPS) is 22.6. The third-order valence-electron chi connectivity index (χ3n) is 4.08. The van der Waals surface area contributed by atoms with E-state index in [4.69, 9.17) is 69.6 Å². The summed E-state index contributed by atoms with van der Waals surface area (Å²) >= 11 is 36.5. The van der Waals surface area contributed by atoms with Gasteiger partial charge in [-0.3, -0.25) is 0 Å². The van der Waals surface area contributed by atoms with Gasteiger partial charge in [-0.2, -0.15) is 25.6 Å². The second-order valence-corrected chi connectivity index (χ2v) is 12.0. The van der Waals surface area contributed by atoms with E-state index in [-0.39, 0.29) is 21.2 Å². The molecule has 2 aromatic carbocycles. The van der Waals surface area contributed by atoms with Gasteiger partial charge in [0.2, 0.25) is 0 Å². The highest BCUT2D eigenvalue weighted by atomic mass is 35.5. The summed E-state index contributed by atoms with van der Waals surface area (Å²) in [7, 11) is -8.50. The van der Waals surface area contributed by atoms with Crippen LogP contribution in [0.1, 0.15) is 0 Å². The van der Waals surface area contributed by atoms with E-state index in [0.29, 0.717) is 10.0 Å². The number of rotatable bonds is 4. The number of hydrogen-bond acceptors (Lipinski definition) is 4. The lowest BCUT2D eigenvalue weighted by Crippen LogP contribution is -2.38. The molecular weight excluding hydrogens is 585 g/mol. The fourth-order valence-corrected chi connectivity index (χ4v) is 6.25. The number of sulfonamides is 2. The van der Waals surface area contributed by atoms with E-state index in [9.17, 15) is 16.8 Å². The molecule has 0 amide bonds. The second kappa shape index (κ2) is 9.80. The molecule has 6 nitrogen and oxygen atoms in total. The van der Waals surface area contributed by atoms with Gasteiger partial charge in [0.1, 0.15) is 10.8 Å². The average molecular weight is 595 g/mol. The van der Waals surface area contributed by atoms with Crippen molar-refractivity contribution in [2.24, 2.45) is 8.80 Å². The van der Waals surface area contributed by atoms with Crippen LogP contribution in [0.25, 0.3) is 0 Å². The van der Waals surface area contributed by atoms with Crippen molar-refractivity contribution in [2.45, 2.75) is 20.5 Å². The van der Waals surface area contributed by atoms with E-state index in [2.05, 4.69) is 8.80 Å². The monoisotopic (exact) mass is 592 g/mol. The van der Waals surface area contributed by atoms with Crippen molar-refractivity contribution in [3.63, 3.8) is 0 Å². The SMILES string of the molecule is O=S(=O)(N=C1C(Cl)=C(Cl)C(=NS(=O)(=O)c2ccc(Cl)cc2)[C@H](Cl)[C@H]1Cl)c1ccc(Cl)cc1. The predicted octanol–water partition coefficient (Wildman–Crippen LogP) is 5.87. The van der Waals surface area contributed by atoms with Crippen LogP contribution in [0.15, 0.2) is 77.2 Å². The average Bonchev–Trinajstić information content (AvgIpc) is 2.73. The Hall–Kier alpha value is -0.840. The first-order valence-electron chi connectivity index (χ1n) is 8.38. The molecule has 2 atom stereocenters. The van der Waals surface area contributed by atoms with Crippen molar-refractivity contribution in [2.75, 3.05) is 0 Å². The van der Waals surface area contributed by atoms with Crippen LogP contribution < -0.4 is 0 Å². The van der Waals surface area contributed by atoms with Crippen molar-refractivity contribution in [3.05, 3.63) is 68.6 Å². The minimum Gasteiger partial charge on any atom is -0.199 e. The van der Waals surface area contributed by atoms with E-state index in [0.717, 1.165) is 0 Å². The molecule has 0 bridgehead atoms. The summed E-state index contributed by atoms with van der Waals surface area (Å²) in [6, 6.07) is 10.5. The van der Waals surface area contributed by atoms with Crippen molar-refractivity contribution < 1.29 is 16.8 Å². The second-order valence-electron chi connectivity index (χ2n) is 6.24. The van der Waals surface area contributed by atoms with Gasteiger partial charge in [-0.05, 0) is 48.5 Å². The molecule has 0 saturated carbocycles. The van der Waals surface area contributed by atoms with Crippen LogP contribution in [-0.4, -0.2) is 39.0 Å². The maximum atomic E-state index is 12.6. The first kappa shape index (κ1) is 25.8. The zero-order valence-electron chi connectivity index (χ0n) is 15.4. The molecule has 2 aromatic rings. The van der Waals surface area contributed by atoms with Crippen LogP contribution in [0.2, 0.25) is 10.0 Å². The molecule has 0 aromatic heterocycles. The van der Waals surface area contributed by atoms with Gasteiger partial charge in [-0.25, -0.2) is 0 Å². The molecule has 1 aliphatic carbocycles. The number of allylic oxidation sites excluding steroid dienone is 2. The Kier molecular flexibility index (Phi) is 7.89. The summed E-state index contributed by atoms with van der Waals surface area (Å²) in [6.07, 6.45) is 0. The largest absolute Gasteiger partial charge is 0.282 e. The lowest BCUT2D eigenvalue weighted by molar-refractivity contribution is 0.596. The summed E-state index contributed by atoms with van der Waals surface area (Å²) < 4.78 is 57.9. The predicted molar refractivity (Wildman–Crippen MR) is 130 cm³/mol. The Balaban J connectivity index is 2.09. The van der Waals surface area contributed by atoms with Crippen molar-refractivity contribution in [1.82, 2.24) is 0 Å². The quantitative estimate of drug-likeness (QED) is 0.414. The molecule has 170 valence electrons. The highest BCUT2D eigenvalue weighted by molar-refractivity contribution is 7.90. The van der Waals surface area contributed by atoms with Crippen molar-refractivity contribution in [1.29, 1.82) is 0 Å². The molecular formula is C18H10Cl6N2O4S2. The fraction of sp³-hybridized carbons (Fsp3) is 0.111. The molecule has 14 heteroatoms. The van der Waals surface area contributed by atoms with Gasteiger partial charge >= 0.3 is 0 Å². The summed E-state index contributed by atoms with van der Waals surface area (Å²) in [5, 5.41) is -2.85. The van der Waals surface area contributed by atoms with Crippen LogP contribution in [-0.2, 0) is 20.0 Å². The number of nitrogens with zero attached hydrogens (tertiary/aromatic N) is 2. The zero-order valence-corrected chi connectivity index (χ0v) is 21.6. The minimum atomic E-state index is -4.25. The van der Waals surface area contributed by atoms with E-state index in [1.165, 1.54) is 48.5 Å². The molecule has 1 aliphatic rings. The zero-order chi connectivity index (χ0) is 23.8. The molecule has 32 heavy (non-hydrogen) atoms. The maximum Gasteiger partial charge on any atom is 0.282 e. The van der Waals surface area contributed by atoms with Crippen molar-refractivity contribution >= 4 is 101 Å². The summed E-state index contributed by atoms with van der Waals surface area (Å²) in [4.78, 5) is -0.343. The van der Waals surface area contributed by atoms with E-state index in [1.807, 2.05) is 0 Å². The number of hydrogen-bond donors (Lipinski definition) is 0. The van der Waals surface area contributed by atoms with Gasteiger partial charge in [-0.15, -0.1) is 23.2 Å². The first-order valence-corrected chi connectivity index (χ1v) is 13.6. The molecule has 0 fully saturated rings. The first-order chi connectivity index (χ1) is 14.8. The van der Waals surface area contributed by atoms with Gasteiger partial charge in [0.25, 0.3) is 20.0 Å². The van der Waals surface area contributed by atoms with Crippen LogP contribution in [0.5, 0.6) is 0 Å². The summed E-state index contributed by atoms with van der Waals surface area (Å²) in [5.41, 5.74) is -0.702.